The van der Waals surface area contributed by atoms with E-state index in [1.807, 2.05) is 59.7 Å². The van der Waals surface area contributed by atoms with Crippen LogP contribution in [0.15, 0.2) is 47.8 Å². The van der Waals surface area contributed by atoms with E-state index in [0.29, 0.717) is 64.7 Å². The number of nitrogens with one attached hydrogen (secondary N) is 2. The van der Waals surface area contributed by atoms with Crippen molar-refractivity contribution in [2.75, 3.05) is 26.2 Å². The van der Waals surface area contributed by atoms with Gasteiger partial charge >= 0.3 is 6.09 Å². The van der Waals surface area contributed by atoms with E-state index >= 15 is 0 Å². The fraction of sp³-hybridized carbons (Fsp3) is 0.517. The molecule has 0 aliphatic carbocycles. The van der Waals surface area contributed by atoms with Crippen LogP contribution in [0.4, 0.5) is 4.79 Å². The first-order valence-corrected chi connectivity index (χ1v) is 14.7. The molecule has 39 heavy (non-hydrogen) atoms. The zero-order valence-corrected chi connectivity index (χ0v) is 23.3. The normalized spacial score (nSPS) is 18.6. The zero-order valence-electron chi connectivity index (χ0n) is 22.5. The number of alkyl carbamates (subject to hydrolysis) is 1. The molecule has 0 saturated carbocycles. The summed E-state index contributed by atoms with van der Waals surface area (Å²) in [6.07, 6.45) is 3.39. The number of rotatable bonds is 11. The van der Waals surface area contributed by atoms with E-state index in [4.69, 9.17) is 4.74 Å². The molecule has 3 heterocycles. The third kappa shape index (κ3) is 7.17. The van der Waals surface area contributed by atoms with Crippen molar-refractivity contribution in [2.24, 2.45) is 0 Å². The van der Waals surface area contributed by atoms with Gasteiger partial charge in [-0.05, 0) is 55.5 Å². The lowest BCUT2D eigenvalue weighted by atomic mass is 9.81. The number of unbranched alkanes of at least 4 members (excludes halogenated alkanes) is 1. The van der Waals surface area contributed by atoms with Crippen LogP contribution < -0.4 is 10.6 Å². The standard InChI is InChI=1S/C29H38N4O5S/c1-2-16-33-26(35)24(12-6-7-15-30-28(37)38-21-22-9-4-3-5-10-22)31-27(36)29(33)13-17-32(18-14-29)25(34)20-23-11-8-19-39-23/h3-5,8-11,19,24H,2,6-7,12-18,20-21H2,1H3,(H,30,37)(H,31,36)/t24-/m0/s1. The van der Waals surface area contributed by atoms with Crippen molar-refractivity contribution in [3.05, 3.63) is 58.3 Å². The number of thiophene rings is 1. The summed E-state index contributed by atoms with van der Waals surface area (Å²) in [4.78, 5) is 56.3. The van der Waals surface area contributed by atoms with Crippen LogP contribution in [0.3, 0.4) is 0 Å². The molecule has 1 aromatic carbocycles. The Morgan fingerprint density at radius 2 is 1.87 bits per heavy atom. The van der Waals surface area contributed by atoms with E-state index in [-0.39, 0.29) is 24.3 Å². The largest absolute Gasteiger partial charge is 0.445 e. The number of piperidine rings is 1. The van der Waals surface area contributed by atoms with Crippen LogP contribution >= 0.6 is 11.3 Å². The van der Waals surface area contributed by atoms with Crippen LogP contribution in [0, 0.1) is 0 Å². The van der Waals surface area contributed by atoms with Gasteiger partial charge in [0, 0.05) is 31.1 Å². The van der Waals surface area contributed by atoms with Crippen LogP contribution in [0.2, 0.25) is 0 Å². The number of nitrogens with zero attached hydrogens (tertiary/aromatic N) is 2. The van der Waals surface area contributed by atoms with Gasteiger partial charge in [-0.3, -0.25) is 14.4 Å². The molecule has 0 unspecified atom stereocenters. The van der Waals surface area contributed by atoms with Gasteiger partial charge in [-0.1, -0.05) is 43.3 Å². The second-order valence-electron chi connectivity index (χ2n) is 10.2. The fourth-order valence-corrected chi connectivity index (χ4v) is 6.05. The second kappa shape index (κ2) is 13.6. The van der Waals surface area contributed by atoms with Gasteiger partial charge in [0.15, 0.2) is 0 Å². The molecule has 2 aliphatic rings. The summed E-state index contributed by atoms with van der Waals surface area (Å²) in [5.41, 5.74) is 0.0251. The van der Waals surface area contributed by atoms with E-state index in [2.05, 4.69) is 10.6 Å². The predicted octanol–water partition coefficient (Wildman–Crippen LogP) is 3.49. The Hall–Kier alpha value is -3.40. The van der Waals surface area contributed by atoms with Gasteiger partial charge < -0.3 is 25.2 Å². The smallest absolute Gasteiger partial charge is 0.407 e. The topological polar surface area (TPSA) is 108 Å². The van der Waals surface area contributed by atoms with E-state index in [0.717, 1.165) is 16.9 Å². The summed E-state index contributed by atoms with van der Waals surface area (Å²) in [6.45, 7) is 4.08. The number of carbonyl (C=O) groups excluding carboxylic acids is 4. The lowest BCUT2D eigenvalue weighted by Gasteiger charge is -2.51. The second-order valence-corrected chi connectivity index (χ2v) is 11.2. The number of hydrogen-bond donors (Lipinski definition) is 2. The van der Waals surface area contributed by atoms with Crippen molar-refractivity contribution in [1.29, 1.82) is 0 Å². The third-order valence-electron chi connectivity index (χ3n) is 7.51. The Balaban J connectivity index is 1.23. The third-order valence-corrected chi connectivity index (χ3v) is 8.38. The SMILES string of the molecule is CCCN1C(=O)[C@H](CCCCNC(=O)OCc2ccccc2)NC(=O)C12CCN(C(=O)Cc1cccs1)CC2. The molecule has 4 amide bonds. The Morgan fingerprint density at radius 3 is 2.56 bits per heavy atom. The molecule has 0 radical (unpaired) electrons. The van der Waals surface area contributed by atoms with Crippen molar-refractivity contribution in [3.63, 3.8) is 0 Å². The maximum absolute atomic E-state index is 13.5. The van der Waals surface area contributed by atoms with Crippen LogP contribution in [0.5, 0.6) is 0 Å². The fourth-order valence-electron chi connectivity index (χ4n) is 5.35. The lowest BCUT2D eigenvalue weighted by molar-refractivity contribution is -0.162. The van der Waals surface area contributed by atoms with E-state index < -0.39 is 17.7 Å². The Labute approximate surface area is 233 Å². The van der Waals surface area contributed by atoms with Gasteiger partial charge in [0.2, 0.25) is 17.7 Å². The minimum absolute atomic E-state index is 0.0509. The molecule has 2 saturated heterocycles. The molecule has 210 valence electrons. The molecule has 1 atom stereocenters. The number of amides is 4. The van der Waals surface area contributed by atoms with Crippen LogP contribution in [0.1, 0.15) is 55.9 Å². The predicted molar refractivity (Wildman–Crippen MR) is 149 cm³/mol. The first-order chi connectivity index (χ1) is 18.9. The minimum Gasteiger partial charge on any atom is -0.445 e. The summed E-state index contributed by atoms with van der Waals surface area (Å²) in [5, 5.41) is 7.69. The zero-order chi connectivity index (χ0) is 27.7. The van der Waals surface area contributed by atoms with Crippen molar-refractivity contribution in [2.45, 2.75) is 70.1 Å². The Morgan fingerprint density at radius 1 is 1.10 bits per heavy atom. The van der Waals surface area contributed by atoms with E-state index in [9.17, 15) is 19.2 Å². The average Bonchev–Trinajstić information content (AvgIpc) is 3.46. The van der Waals surface area contributed by atoms with E-state index in [1.54, 1.807) is 16.2 Å². The molecular weight excluding hydrogens is 516 g/mol. The molecule has 1 aromatic heterocycles. The quantitative estimate of drug-likeness (QED) is 0.414. The van der Waals surface area contributed by atoms with Crippen molar-refractivity contribution >= 4 is 35.2 Å². The van der Waals surface area contributed by atoms with Gasteiger partial charge in [0.25, 0.3) is 0 Å². The number of piperazine rings is 1. The molecule has 10 heteroatoms. The highest BCUT2D eigenvalue weighted by Gasteiger charge is 2.53. The number of likely N-dealkylation sites (tertiary alicyclic amines) is 1. The molecule has 9 nitrogen and oxygen atoms in total. The Bertz CT molecular complexity index is 1120. The highest BCUT2D eigenvalue weighted by Crippen LogP contribution is 2.34. The lowest BCUT2D eigenvalue weighted by Crippen LogP contribution is -2.73. The Kier molecular flexibility index (Phi) is 9.97. The molecule has 2 N–H and O–H groups in total. The van der Waals surface area contributed by atoms with Gasteiger partial charge in [-0.15, -0.1) is 11.3 Å². The average molecular weight is 555 g/mol. The summed E-state index contributed by atoms with van der Waals surface area (Å²) in [5.74, 6) is -0.106. The number of ether oxygens (including phenoxy) is 1. The van der Waals surface area contributed by atoms with Crippen LogP contribution in [-0.2, 0) is 32.1 Å². The highest BCUT2D eigenvalue weighted by molar-refractivity contribution is 7.10. The molecule has 1 spiro atoms. The minimum atomic E-state index is -0.895. The van der Waals surface area contributed by atoms with Crippen molar-refractivity contribution < 1.29 is 23.9 Å². The van der Waals surface area contributed by atoms with Gasteiger partial charge in [0.05, 0.1) is 6.42 Å². The summed E-state index contributed by atoms with van der Waals surface area (Å²) in [7, 11) is 0. The summed E-state index contributed by atoms with van der Waals surface area (Å²) < 4.78 is 5.22. The summed E-state index contributed by atoms with van der Waals surface area (Å²) >= 11 is 1.57. The molecular formula is C29H38N4O5S. The van der Waals surface area contributed by atoms with Gasteiger partial charge in [0.1, 0.15) is 18.2 Å². The molecule has 2 fully saturated rings. The molecule has 4 rings (SSSR count). The molecule has 2 aliphatic heterocycles. The maximum Gasteiger partial charge on any atom is 0.407 e. The van der Waals surface area contributed by atoms with Crippen LogP contribution in [0.25, 0.3) is 0 Å². The number of carbonyl (C=O) groups is 4. The van der Waals surface area contributed by atoms with Crippen molar-refractivity contribution in [3.8, 4) is 0 Å². The monoisotopic (exact) mass is 554 g/mol. The van der Waals surface area contributed by atoms with Crippen molar-refractivity contribution in [1.82, 2.24) is 20.4 Å². The van der Waals surface area contributed by atoms with Crippen LogP contribution in [-0.4, -0.2) is 71.4 Å². The first-order valence-electron chi connectivity index (χ1n) is 13.8. The number of hydrogen-bond acceptors (Lipinski definition) is 6. The highest BCUT2D eigenvalue weighted by atomic mass is 32.1. The first kappa shape index (κ1) is 28.6. The molecule has 2 aromatic rings. The maximum atomic E-state index is 13.5. The van der Waals surface area contributed by atoms with Gasteiger partial charge in [-0.2, -0.15) is 0 Å². The number of benzene rings is 1. The van der Waals surface area contributed by atoms with E-state index in [1.165, 1.54) is 0 Å². The summed E-state index contributed by atoms with van der Waals surface area (Å²) in [6, 6.07) is 12.8. The molecule has 0 bridgehead atoms. The van der Waals surface area contributed by atoms with Gasteiger partial charge in [-0.25, -0.2) is 4.79 Å².